The highest BCUT2D eigenvalue weighted by molar-refractivity contribution is 6.02. The van der Waals surface area contributed by atoms with Crippen LogP contribution in [0.3, 0.4) is 0 Å². The minimum atomic E-state index is -1.02. The first-order chi connectivity index (χ1) is 19.3. The van der Waals surface area contributed by atoms with Gasteiger partial charge in [-0.3, -0.25) is 25.2 Å². The van der Waals surface area contributed by atoms with E-state index in [2.05, 4.69) is 16.2 Å². The number of hydrogen-bond donors (Lipinski definition) is 4. The molecule has 0 spiro atoms. The van der Waals surface area contributed by atoms with E-state index < -0.39 is 72.7 Å². The molecule has 3 heterocycles. The van der Waals surface area contributed by atoms with E-state index >= 15 is 0 Å². The first kappa shape index (κ1) is 29.2. The van der Waals surface area contributed by atoms with Gasteiger partial charge in [-0.1, -0.05) is 24.3 Å². The third kappa shape index (κ3) is 6.45. The molecule has 2 aromatic rings. The zero-order valence-corrected chi connectivity index (χ0v) is 23.5. The zero-order chi connectivity index (χ0) is 29.5. The van der Waals surface area contributed by atoms with Gasteiger partial charge in [-0.15, -0.1) is 0 Å². The average Bonchev–Trinajstić information content (AvgIpc) is 3.53. The van der Waals surface area contributed by atoms with Crippen molar-refractivity contribution in [2.75, 3.05) is 13.2 Å². The van der Waals surface area contributed by atoms with Crippen molar-refractivity contribution >= 4 is 28.5 Å². The maximum Gasteiger partial charge on any atom is 0.273 e. The molecule has 3 fully saturated rings. The molecule has 0 bridgehead atoms. The van der Waals surface area contributed by atoms with Gasteiger partial charge in [0.25, 0.3) is 11.8 Å². The third-order valence-electron chi connectivity index (χ3n) is 7.01. The lowest BCUT2D eigenvalue weighted by Crippen LogP contribution is -2.52. The van der Waals surface area contributed by atoms with Gasteiger partial charge in [-0.05, 0) is 57.5 Å². The number of phenolic OH excluding ortho intramolecular Hbond substituents is 1. The number of aromatic hydroxyl groups is 1. The fraction of sp³-hybridized carbons (Fsp3) is 0.536. The first-order valence-corrected chi connectivity index (χ1v) is 13.4. The smallest absolute Gasteiger partial charge is 0.273 e. The van der Waals surface area contributed by atoms with Crippen LogP contribution in [-0.2, 0) is 38.0 Å². The minimum absolute atomic E-state index is 0.0120. The Morgan fingerprint density at radius 3 is 2.39 bits per heavy atom. The molecule has 2 aromatic carbocycles. The van der Waals surface area contributed by atoms with Gasteiger partial charge in [0, 0.05) is 0 Å². The Morgan fingerprint density at radius 2 is 1.71 bits per heavy atom. The van der Waals surface area contributed by atoms with Gasteiger partial charge in [-0.2, -0.15) is 0 Å². The number of nitrogens with one attached hydrogen (secondary N) is 3. The molecule has 3 amide bonds. The number of phenols is 1. The Kier molecular flexibility index (Phi) is 7.94. The molecule has 222 valence electrons. The highest BCUT2D eigenvalue weighted by atomic mass is 16.8. The van der Waals surface area contributed by atoms with Crippen LogP contribution < -0.4 is 16.2 Å². The number of hydrazine groups is 1. The fourth-order valence-corrected chi connectivity index (χ4v) is 5.10. The minimum Gasteiger partial charge on any atom is -0.507 e. The molecule has 0 aromatic heterocycles. The second-order valence-corrected chi connectivity index (χ2v) is 11.2. The van der Waals surface area contributed by atoms with Crippen molar-refractivity contribution in [2.24, 2.45) is 0 Å². The number of carbonyl (C=O) groups excluding carboxylic acids is 3. The molecular weight excluding hydrogens is 538 g/mol. The van der Waals surface area contributed by atoms with Crippen molar-refractivity contribution in [3.8, 4) is 5.75 Å². The topological polar surface area (TPSA) is 163 Å². The molecule has 5 rings (SSSR count). The number of amides is 3. The van der Waals surface area contributed by atoms with Crippen LogP contribution in [0.1, 0.15) is 45.0 Å². The second-order valence-electron chi connectivity index (χ2n) is 11.2. The highest BCUT2D eigenvalue weighted by Crippen LogP contribution is 2.41. The Balaban J connectivity index is 1.13. The van der Waals surface area contributed by atoms with E-state index in [0.717, 1.165) is 10.8 Å². The normalized spacial score (nSPS) is 28.7. The lowest BCUT2D eigenvalue weighted by molar-refractivity contribution is -0.235. The number of carbonyl (C=O) groups is 3. The van der Waals surface area contributed by atoms with E-state index in [0.29, 0.717) is 0 Å². The van der Waals surface area contributed by atoms with Gasteiger partial charge in [-0.25, -0.2) is 0 Å². The molecule has 0 radical (unpaired) electrons. The highest BCUT2D eigenvalue weighted by Gasteiger charge is 2.59. The molecule has 0 saturated carbocycles. The van der Waals surface area contributed by atoms with Gasteiger partial charge in [0.05, 0.1) is 12.2 Å². The van der Waals surface area contributed by atoms with Crippen LogP contribution in [0.4, 0.5) is 0 Å². The van der Waals surface area contributed by atoms with E-state index in [9.17, 15) is 19.5 Å². The molecule has 13 nitrogen and oxygen atoms in total. The summed E-state index contributed by atoms with van der Waals surface area (Å²) >= 11 is 0. The number of benzene rings is 2. The van der Waals surface area contributed by atoms with E-state index in [1.165, 1.54) is 19.1 Å². The number of fused-ring (bicyclic) bond motifs is 2. The summed E-state index contributed by atoms with van der Waals surface area (Å²) in [4.78, 5) is 37.8. The molecule has 3 aliphatic heterocycles. The van der Waals surface area contributed by atoms with Crippen molar-refractivity contribution in [1.82, 2.24) is 16.2 Å². The van der Waals surface area contributed by atoms with Crippen LogP contribution in [0.15, 0.2) is 36.4 Å². The molecule has 3 aliphatic rings. The van der Waals surface area contributed by atoms with E-state index in [4.69, 9.17) is 28.4 Å². The largest absolute Gasteiger partial charge is 0.507 e. The standard InChI is InChI=1S/C28H35N3O10/c1-14(24(34)30-31-25(35)17-10-15-8-6-7-9-16(15)11-18(17)32)29-20(33)13-36-22-21(19-12-37-27(2,3)39-19)38-26-23(22)40-28(4,5)41-26/h6-11,14,19,21-23,26,32H,12-13H2,1-5H3,(H,29,33)(H,30,34)(H,31,35)/t14-,19+,21+,22-,23+,26+/m0/s1. The molecule has 3 saturated heterocycles. The van der Waals surface area contributed by atoms with Crippen molar-refractivity contribution in [2.45, 2.75) is 82.9 Å². The molecule has 4 N–H and O–H groups in total. The maximum atomic E-state index is 12.7. The average molecular weight is 574 g/mol. The summed E-state index contributed by atoms with van der Waals surface area (Å²) in [7, 11) is 0. The molecule has 0 aliphatic carbocycles. The summed E-state index contributed by atoms with van der Waals surface area (Å²) in [5.41, 5.74) is 4.50. The molecule has 0 unspecified atom stereocenters. The Morgan fingerprint density at radius 1 is 1.00 bits per heavy atom. The van der Waals surface area contributed by atoms with Crippen molar-refractivity contribution in [3.05, 3.63) is 42.0 Å². The summed E-state index contributed by atoms with van der Waals surface area (Å²) in [6, 6.07) is 9.19. The molecular formula is C28H35N3O10. The van der Waals surface area contributed by atoms with E-state index in [1.807, 2.05) is 12.1 Å². The predicted octanol–water partition coefficient (Wildman–Crippen LogP) is 1.22. The molecule has 13 heteroatoms. The Labute approximate surface area is 236 Å². The maximum absolute atomic E-state index is 12.7. The van der Waals surface area contributed by atoms with Crippen molar-refractivity contribution in [3.63, 3.8) is 0 Å². The predicted molar refractivity (Wildman–Crippen MR) is 142 cm³/mol. The van der Waals surface area contributed by atoms with Crippen LogP contribution in [0.2, 0.25) is 0 Å². The van der Waals surface area contributed by atoms with Gasteiger partial charge in [0.15, 0.2) is 17.9 Å². The number of hydrogen-bond acceptors (Lipinski definition) is 10. The van der Waals surface area contributed by atoms with Crippen molar-refractivity contribution in [1.29, 1.82) is 0 Å². The van der Waals surface area contributed by atoms with E-state index in [1.54, 1.807) is 39.8 Å². The second kappa shape index (κ2) is 11.2. The van der Waals surface area contributed by atoms with Crippen LogP contribution >= 0.6 is 0 Å². The summed E-state index contributed by atoms with van der Waals surface area (Å²) in [5, 5.41) is 14.3. The quantitative estimate of drug-likeness (QED) is 0.354. The van der Waals surface area contributed by atoms with E-state index in [-0.39, 0.29) is 17.9 Å². The number of ether oxygens (including phenoxy) is 6. The summed E-state index contributed by atoms with van der Waals surface area (Å²) < 4.78 is 35.4. The van der Waals surface area contributed by atoms with Gasteiger partial charge < -0.3 is 38.8 Å². The Bertz CT molecular complexity index is 1330. The van der Waals surface area contributed by atoms with Gasteiger partial charge >= 0.3 is 0 Å². The molecule has 6 atom stereocenters. The van der Waals surface area contributed by atoms with Crippen LogP contribution in [0, 0.1) is 0 Å². The molecule has 41 heavy (non-hydrogen) atoms. The van der Waals surface area contributed by atoms with Crippen LogP contribution in [0.25, 0.3) is 10.8 Å². The summed E-state index contributed by atoms with van der Waals surface area (Å²) in [5.74, 6) is -3.88. The third-order valence-corrected chi connectivity index (χ3v) is 7.01. The van der Waals surface area contributed by atoms with Gasteiger partial charge in [0.1, 0.15) is 42.8 Å². The van der Waals surface area contributed by atoms with Crippen molar-refractivity contribution < 1.29 is 47.9 Å². The number of rotatable bonds is 7. The zero-order valence-electron chi connectivity index (χ0n) is 23.5. The summed E-state index contributed by atoms with van der Waals surface area (Å²) in [6.45, 7) is 8.42. The van der Waals surface area contributed by atoms with Gasteiger partial charge in [0.2, 0.25) is 5.91 Å². The first-order valence-electron chi connectivity index (χ1n) is 13.4. The van der Waals surface area contributed by atoms with Crippen LogP contribution in [-0.4, -0.2) is 84.4 Å². The fourth-order valence-electron chi connectivity index (χ4n) is 5.10. The van der Waals surface area contributed by atoms with Crippen LogP contribution in [0.5, 0.6) is 5.75 Å². The SMILES string of the molecule is C[C@H](NC(=O)CO[C@@H]1[C@H]2OC(C)(C)O[C@H]2O[C@@H]1[C@H]1COC(C)(C)O1)C(=O)NNC(=O)c1cc2ccccc2cc1O. The lowest BCUT2D eigenvalue weighted by atomic mass is 10.1. The summed E-state index contributed by atoms with van der Waals surface area (Å²) in [6.07, 6.45) is -3.08. The lowest BCUT2D eigenvalue weighted by Gasteiger charge is -2.29. The monoisotopic (exact) mass is 573 g/mol. The Hall–Kier alpha value is -3.33.